The summed E-state index contributed by atoms with van der Waals surface area (Å²) in [6.07, 6.45) is 6.63. The van der Waals surface area contributed by atoms with E-state index >= 15 is 0 Å². The van der Waals surface area contributed by atoms with Gasteiger partial charge in [-0.05, 0) is 49.8 Å². The first-order valence-electron chi connectivity index (χ1n) is 10.4. The van der Waals surface area contributed by atoms with Crippen molar-refractivity contribution in [2.24, 2.45) is 5.92 Å². The van der Waals surface area contributed by atoms with Crippen LogP contribution in [0.15, 0.2) is 24.4 Å². The number of hydrogen-bond acceptors (Lipinski definition) is 6. The zero-order valence-electron chi connectivity index (χ0n) is 16.6. The highest BCUT2D eigenvalue weighted by Crippen LogP contribution is 2.45. The predicted molar refractivity (Wildman–Crippen MR) is 117 cm³/mol. The summed E-state index contributed by atoms with van der Waals surface area (Å²) in [4.78, 5) is 13.9. The standard InChI is InChI=1S/C21H24BClN6/c22-29-8-7-28(12-18(29)13-1-2-13)21-15(11-24)9-17(20(27-21)14-3-4-14)26-16-5-6-25-19(23)10-16/h5-6,9-10,13-14,18H,1-4,7-8,12,22H2,(H,25,26)/t18-/m0/s1. The number of nitriles is 1. The molecule has 2 saturated carbocycles. The molecule has 0 radical (unpaired) electrons. The van der Waals surface area contributed by atoms with Crippen molar-refractivity contribution in [3.05, 3.63) is 40.8 Å². The third kappa shape index (κ3) is 3.92. The zero-order chi connectivity index (χ0) is 20.0. The third-order valence-corrected chi connectivity index (χ3v) is 6.49. The molecule has 0 aromatic carbocycles. The highest BCUT2D eigenvalue weighted by atomic mass is 35.5. The van der Waals surface area contributed by atoms with Crippen LogP contribution in [0.2, 0.25) is 5.15 Å². The molecule has 0 amide bonds. The van der Waals surface area contributed by atoms with Crippen LogP contribution in [-0.2, 0) is 0 Å². The molecule has 0 spiro atoms. The molecule has 3 aliphatic rings. The summed E-state index contributed by atoms with van der Waals surface area (Å²) in [7, 11) is 2.22. The molecule has 1 saturated heterocycles. The fourth-order valence-electron chi connectivity index (χ4n) is 4.33. The smallest absolute Gasteiger partial charge is 0.185 e. The molecule has 2 aromatic heterocycles. The average Bonchev–Trinajstić information content (AvgIpc) is 3.62. The van der Waals surface area contributed by atoms with Crippen molar-refractivity contribution in [1.82, 2.24) is 14.8 Å². The molecule has 0 bridgehead atoms. The normalized spacial score (nSPS) is 22.3. The molecule has 2 aromatic rings. The van der Waals surface area contributed by atoms with E-state index in [1.165, 1.54) is 12.8 Å². The van der Waals surface area contributed by atoms with Gasteiger partial charge in [-0.2, -0.15) is 5.26 Å². The minimum Gasteiger partial charge on any atom is -0.354 e. The van der Waals surface area contributed by atoms with Gasteiger partial charge in [0.1, 0.15) is 17.0 Å². The van der Waals surface area contributed by atoms with Crippen molar-refractivity contribution < 1.29 is 0 Å². The van der Waals surface area contributed by atoms with E-state index in [0.717, 1.165) is 61.3 Å². The van der Waals surface area contributed by atoms with Gasteiger partial charge in [0.25, 0.3) is 0 Å². The number of hydrogen-bond donors (Lipinski definition) is 1. The second kappa shape index (κ2) is 7.51. The van der Waals surface area contributed by atoms with Gasteiger partial charge in [-0.1, -0.05) is 11.6 Å². The van der Waals surface area contributed by atoms with Crippen LogP contribution < -0.4 is 10.2 Å². The van der Waals surface area contributed by atoms with Gasteiger partial charge in [0.15, 0.2) is 7.98 Å². The Morgan fingerprint density at radius 2 is 2.03 bits per heavy atom. The van der Waals surface area contributed by atoms with Crippen molar-refractivity contribution in [3.8, 4) is 6.07 Å². The minimum absolute atomic E-state index is 0.441. The Balaban J connectivity index is 1.48. The van der Waals surface area contributed by atoms with Crippen LogP contribution >= 0.6 is 11.6 Å². The third-order valence-electron chi connectivity index (χ3n) is 6.28. The highest BCUT2D eigenvalue weighted by molar-refractivity contribution is 6.29. The van der Waals surface area contributed by atoms with Gasteiger partial charge in [-0.25, -0.2) is 9.97 Å². The summed E-state index contributed by atoms with van der Waals surface area (Å²) >= 11 is 6.04. The van der Waals surface area contributed by atoms with Gasteiger partial charge in [0.05, 0.1) is 16.9 Å². The van der Waals surface area contributed by atoms with Crippen molar-refractivity contribution in [2.75, 3.05) is 29.9 Å². The summed E-state index contributed by atoms with van der Waals surface area (Å²) in [5, 5.41) is 13.7. The Morgan fingerprint density at radius 3 is 2.72 bits per heavy atom. The van der Waals surface area contributed by atoms with Crippen molar-refractivity contribution in [2.45, 2.75) is 37.6 Å². The van der Waals surface area contributed by atoms with E-state index in [0.29, 0.717) is 22.7 Å². The molecule has 5 rings (SSSR count). The Kier molecular flexibility index (Phi) is 4.85. The lowest BCUT2D eigenvalue weighted by Crippen LogP contribution is -2.53. The van der Waals surface area contributed by atoms with Crippen molar-refractivity contribution in [1.29, 1.82) is 5.26 Å². The number of aromatic nitrogens is 2. The van der Waals surface area contributed by atoms with Crippen molar-refractivity contribution in [3.63, 3.8) is 0 Å². The minimum atomic E-state index is 0.441. The van der Waals surface area contributed by atoms with E-state index in [9.17, 15) is 5.26 Å². The Bertz CT molecular complexity index is 968. The molecule has 0 unspecified atom stereocenters. The molecule has 3 heterocycles. The molecule has 1 atom stereocenters. The van der Waals surface area contributed by atoms with Crippen LogP contribution in [0.3, 0.4) is 0 Å². The van der Waals surface area contributed by atoms with E-state index in [-0.39, 0.29) is 0 Å². The molecule has 2 aliphatic carbocycles. The number of rotatable bonds is 5. The van der Waals surface area contributed by atoms with E-state index < -0.39 is 0 Å². The van der Waals surface area contributed by atoms with E-state index in [2.05, 4.69) is 34.1 Å². The first-order chi connectivity index (χ1) is 14.1. The Labute approximate surface area is 177 Å². The lowest BCUT2D eigenvalue weighted by molar-refractivity contribution is 0.275. The number of halogens is 1. The highest BCUT2D eigenvalue weighted by Gasteiger charge is 2.38. The van der Waals surface area contributed by atoms with Crippen LogP contribution in [0.5, 0.6) is 0 Å². The first-order valence-corrected chi connectivity index (χ1v) is 10.8. The number of piperazine rings is 1. The molecule has 3 fully saturated rings. The molecular formula is C21H24BClN6. The summed E-state index contributed by atoms with van der Waals surface area (Å²) in [6, 6.07) is 8.60. The summed E-state index contributed by atoms with van der Waals surface area (Å²) in [5.74, 6) is 2.12. The summed E-state index contributed by atoms with van der Waals surface area (Å²) in [5.41, 5.74) is 3.46. The monoisotopic (exact) mass is 406 g/mol. The number of anilines is 3. The number of nitrogens with one attached hydrogen (secondary N) is 1. The zero-order valence-corrected chi connectivity index (χ0v) is 17.4. The SMILES string of the molecule is BN1CCN(c2nc(C3CC3)c(Nc3ccnc(Cl)c3)cc2C#N)C[C@H]1C1CC1. The van der Waals surface area contributed by atoms with Gasteiger partial charge in [-0.15, -0.1) is 0 Å². The van der Waals surface area contributed by atoms with Crippen molar-refractivity contribution >= 4 is 36.8 Å². The quantitative estimate of drug-likeness (QED) is 0.608. The molecule has 29 heavy (non-hydrogen) atoms. The van der Waals surface area contributed by atoms with Gasteiger partial charge >= 0.3 is 0 Å². The number of nitrogens with zero attached hydrogens (tertiary/aromatic N) is 5. The molecule has 148 valence electrons. The number of pyridine rings is 2. The predicted octanol–water partition coefficient (Wildman–Crippen LogP) is 3.07. The average molecular weight is 407 g/mol. The fraction of sp³-hybridized carbons (Fsp3) is 0.476. The fourth-order valence-corrected chi connectivity index (χ4v) is 4.50. The topological polar surface area (TPSA) is 68.1 Å². The van der Waals surface area contributed by atoms with Gasteiger partial charge in [0.2, 0.25) is 0 Å². The van der Waals surface area contributed by atoms with E-state index in [4.69, 9.17) is 16.6 Å². The summed E-state index contributed by atoms with van der Waals surface area (Å²) in [6.45, 7) is 2.89. The van der Waals surface area contributed by atoms with Gasteiger partial charge in [-0.3, -0.25) is 0 Å². The molecule has 1 aliphatic heterocycles. The Hall–Kier alpha value is -2.30. The lowest BCUT2D eigenvalue weighted by atomic mass is 10.0. The van der Waals surface area contributed by atoms with Crippen LogP contribution in [0.25, 0.3) is 0 Å². The first kappa shape index (κ1) is 18.7. The maximum absolute atomic E-state index is 9.88. The maximum atomic E-state index is 9.88. The van der Waals surface area contributed by atoms with Crippen LogP contribution in [0, 0.1) is 17.2 Å². The maximum Gasteiger partial charge on any atom is 0.185 e. The molecule has 8 heteroatoms. The van der Waals surface area contributed by atoms with Crippen LogP contribution in [0.4, 0.5) is 17.2 Å². The van der Waals surface area contributed by atoms with Gasteiger partial charge < -0.3 is 15.0 Å². The van der Waals surface area contributed by atoms with E-state index in [1.54, 1.807) is 12.3 Å². The largest absolute Gasteiger partial charge is 0.354 e. The molecule has 6 nitrogen and oxygen atoms in total. The van der Waals surface area contributed by atoms with Crippen LogP contribution in [-0.4, -0.2) is 48.4 Å². The molecule has 1 N–H and O–H groups in total. The van der Waals surface area contributed by atoms with Crippen LogP contribution in [0.1, 0.15) is 42.9 Å². The lowest BCUT2D eigenvalue weighted by Gasteiger charge is -2.41. The van der Waals surface area contributed by atoms with E-state index in [1.807, 2.05) is 12.1 Å². The Morgan fingerprint density at radius 1 is 1.21 bits per heavy atom. The second-order valence-corrected chi connectivity index (χ2v) is 8.89. The second-order valence-electron chi connectivity index (χ2n) is 8.50. The summed E-state index contributed by atoms with van der Waals surface area (Å²) < 4.78 is 0. The van der Waals surface area contributed by atoms with Gasteiger partial charge in [0, 0.05) is 43.5 Å². The molecular weight excluding hydrogens is 383 g/mol.